The van der Waals surface area contributed by atoms with E-state index in [0.29, 0.717) is 5.75 Å². The van der Waals surface area contributed by atoms with Crippen molar-refractivity contribution >= 4 is 29.4 Å². The van der Waals surface area contributed by atoms with E-state index in [2.05, 4.69) is 5.32 Å². The van der Waals surface area contributed by atoms with Gasteiger partial charge in [0.1, 0.15) is 0 Å². The van der Waals surface area contributed by atoms with Crippen LogP contribution < -0.4 is 14.8 Å². The summed E-state index contributed by atoms with van der Waals surface area (Å²) in [4.78, 5) is 37.5. The maximum Gasteiger partial charge on any atom is 0.338 e. The average Bonchev–Trinajstić information content (AvgIpc) is 2.58. The maximum atomic E-state index is 12.3. The predicted octanol–water partition coefficient (Wildman–Crippen LogP) is 2.67. The molecule has 29 heavy (non-hydrogen) atoms. The summed E-state index contributed by atoms with van der Waals surface area (Å²) >= 11 is 6.19. The Morgan fingerprint density at radius 3 is 2.34 bits per heavy atom. The second kappa shape index (κ2) is 10.3. The van der Waals surface area contributed by atoms with Crippen LogP contribution >= 0.6 is 11.6 Å². The molecule has 0 heterocycles. The number of ether oxygens (including phenoxy) is 3. The molecule has 0 bridgehead atoms. The Morgan fingerprint density at radius 1 is 1.21 bits per heavy atom. The molecule has 0 saturated carbocycles. The number of hydrogen-bond acceptors (Lipinski definition) is 6. The van der Waals surface area contributed by atoms with E-state index < -0.39 is 24.0 Å². The molecule has 162 valence electrons. The van der Waals surface area contributed by atoms with Crippen molar-refractivity contribution in [2.45, 2.75) is 46.3 Å². The fourth-order valence-electron chi connectivity index (χ4n) is 2.27. The van der Waals surface area contributed by atoms with Gasteiger partial charge in [-0.1, -0.05) is 11.6 Å². The predicted molar refractivity (Wildman–Crippen MR) is 110 cm³/mol. The third-order valence-electron chi connectivity index (χ3n) is 3.47. The van der Waals surface area contributed by atoms with Gasteiger partial charge in [-0.05, 0) is 46.8 Å². The van der Waals surface area contributed by atoms with E-state index in [1.165, 1.54) is 31.2 Å². The van der Waals surface area contributed by atoms with Crippen LogP contribution in [0.15, 0.2) is 12.1 Å². The Labute approximate surface area is 176 Å². The van der Waals surface area contributed by atoms with Crippen molar-refractivity contribution in [3.63, 3.8) is 0 Å². The molecule has 0 saturated heterocycles. The highest BCUT2D eigenvalue weighted by molar-refractivity contribution is 6.32. The van der Waals surface area contributed by atoms with E-state index in [-0.39, 0.29) is 34.9 Å². The summed E-state index contributed by atoms with van der Waals surface area (Å²) in [5, 5.41) is 2.94. The third kappa shape index (κ3) is 8.19. The van der Waals surface area contributed by atoms with Crippen molar-refractivity contribution in [2.24, 2.45) is 0 Å². The molecule has 2 amide bonds. The molecule has 0 aromatic heterocycles. The Morgan fingerprint density at radius 2 is 1.83 bits per heavy atom. The van der Waals surface area contributed by atoms with Gasteiger partial charge < -0.3 is 24.4 Å². The topological polar surface area (TPSA) is 94.2 Å². The lowest BCUT2D eigenvalue weighted by Gasteiger charge is -2.23. The zero-order chi connectivity index (χ0) is 22.4. The number of likely N-dealkylation sites (N-methyl/N-ethyl adjacent to an activating group) is 1. The van der Waals surface area contributed by atoms with Gasteiger partial charge >= 0.3 is 5.97 Å². The van der Waals surface area contributed by atoms with E-state index in [9.17, 15) is 14.4 Å². The van der Waals surface area contributed by atoms with Gasteiger partial charge in [0, 0.05) is 12.6 Å². The summed E-state index contributed by atoms with van der Waals surface area (Å²) < 4.78 is 15.9. The second-order valence-electron chi connectivity index (χ2n) is 7.78. The first-order chi connectivity index (χ1) is 13.3. The lowest BCUT2D eigenvalue weighted by molar-refractivity contribution is -0.137. The zero-order valence-corrected chi connectivity index (χ0v) is 18.7. The minimum atomic E-state index is -0.748. The standard InChI is InChI=1S/C20H29ClN2O6/c1-12(2)29-18-14(21)8-13(9-15(18)27-7)19(26)28-11-17(25)23(6)10-16(24)22-20(3,4)5/h8-9,12H,10-11H2,1-7H3,(H,22,24). The number of amides is 2. The van der Waals surface area contributed by atoms with E-state index >= 15 is 0 Å². The monoisotopic (exact) mass is 428 g/mol. The molecule has 0 unspecified atom stereocenters. The van der Waals surface area contributed by atoms with Crippen molar-refractivity contribution in [1.82, 2.24) is 10.2 Å². The van der Waals surface area contributed by atoms with Gasteiger partial charge in [-0.3, -0.25) is 9.59 Å². The van der Waals surface area contributed by atoms with Crippen LogP contribution in [0.25, 0.3) is 0 Å². The van der Waals surface area contributed by atoms with Gasteiger partial charge in [-0.25, -0.2) is 4.79 Å². The highest BCUT2D eigenvalue weighted by Gasteiger charge is 2.21. The van der Waals surface area contributed by atoms with Crippen molar-refractivity contribution in [1.29, 1.82) is 0 Å². The maximum absolute atomic E-state index is 12.3. The van der Waals surface area contributed by atoms with Gasteiger partial charge in [0.25, 0.3) is 5.91 Å². The second-order valence-corrected chi connectivity index (χ2v) is 8.19. The summed E-state index contributed by atoms with van der Waals surface area (Å²) in [5.74, 6) is -0.971. The number of carbonyl (C=O) groups excluding carboxylic acids is 3. The Bertz CT molecular complexity index is 758. The Balaban J connectivity index is 2.73. The number of esters is 1. The van der Waals surface area contributed by atoms with Crippen molar-refractivity contribution in [2.75, 3.05) is 27.3 Å². The summed E-state index contributed by atoms with van der Waals surface area (Å²) in [6.45, 7) is 8.53. The van der Waals surface area contributed by atoms with E-state index in [1.54, 1.807) is 0 Å². The summed E-state index contributed by atoms with van der Waals surface area (Å²) in [5.41, 5.74) is -0.291. The average molecular weight is 429 g/mol. The number of benzene rings is 1. The Kier molecular flexibility index (Phi) is 8.76. The minimum absolute atomic E-state index is 0.115. The smallest absolute Gasteiger partial charge is 0.338 e. The van der Waals surface area contributed by atoms with Crippen LogP contribution in [0, 0.1) is 0 Å². The number of hydrogen-bond donors (Lipinski definition) is 1. The van der Waals surface area contributed by atoms with Crippen LogP contribution in [0.4, 0.5) is 0 Å². The molecular weight excluding hydrogens is 400 g/mol. The minimum Gasteiger partial charge on any atom is -0.493 e. The molecule has 0 aliphatic carbocycles. The molecule has 9 heteroatoms. The number of methoxy groups -OCH3 is 1. The molecule has 1 N–H and O–H groups in total. The molecule has 1 aromatic carbocycles. The van der Waals surface area contributed by atoms with Crippen molar-refractivity contribution in [3.8, 4) is 11.5 Å². The first kappa shape index (κ1) is 24.6. The Hall–Kier alpha value is -2.48. The lowest BCUT2D eigenvalue weighted by Crippen LogP contribution is -2.46. The molecule has 0 aliphatic rings. The van der Waals surface area contributed by atoms with Gasteiger partial charge in [0.05, 0.1) is 30.3 Å². The van der Waals surface area contributed by atoms with Crippen molar-refractivity contribution in [3.05, 3.63) is 22.7 Å². The van der Waals surface area contributed by atoms with Gasteiger partial charge in [-0.2, -0.15) is 0 Å². The fourth-order valence-corrected chi connectivity index (χ4v) is 2.53. The molecular formula is C20H29ClN2O6. The number of rotatable bonds is 8. The first-order valence-corrected chi connectivity index (χ1v) is 9.48. The number of carbonyl (C=O) groups is 3. The summed E-state index contributed by atoms with van der Waals surface area (Å²) in [6, 6.07) is 2.81. The van der Waals surface area contributed by atoms with E-state index in [1.807, 2.05) is 34.6 Å². The molecule has 1 rings (SSSR count). The summed E-state index contributed by atoms with van der Waals surface area (Å²) in [7, 11) is 2.88. The van der Waals surface area contributed by atoms with Crippen LogP contribution in [-0.4, -0.2) is 61.6 Å². The molecule has 0 radical (unpaired) electrons. The van der Waals surface area contributed by atoms with Crippen LogP contribution in [-0.2, 0) is 14.3 Å². The molecule has 0 fully saturated rings. The van der Waals surface area contributed by atoms with Crippen LogP contribution in [0.2, 0.25) is 5.02 Å². The highest BCUT2D eigenvalue weighted by atomic mass is 35.5. The number of nitrogens with zero attached hydrogens (tertiary/aromatic N) is 1. The van der Waals surface area contributed by atoms with Crippen LogP contribution in [0.5, 0.6) is 11.5 Å². The molecule has 8 nitrogen and oxygen atoms in total. The largest absolute Gasteiger partial charge is 0.493 e. The first-order valence-electron chi connectivity index (χ1n) is 9.10. The van der Waals surface area contributed by atoms with Gasteiger partial charge in [-0.15, -0.1) is 0 Å². The van der Waals surface area contributed by atoms with Gasteiger partial charge in [0.15, 0.2) is 18.1 Å². The van der Waals surface area contributed by atoms with Crippen LogP contribution in [0.3, 0.4) is 0 Å². The van der Waals surface area contributed by atoms with E-state index in [0.717, 1.165) is 0 Å². The van der Waals surface area contributed by atoms with Gasteiger partial charge in [0.2, 0.25) is 5.91 Å². The van der Waals surface area contributed by atoms with Crippen molar-refractivity contribution < 1.29 is 28.6 Å². The highest BCUT2D eigenvalue weighted by Crippen LogP contribution is 2.37. The third-order valence-corrected chi connectivity index (χ3v) is 3.75. The zero-order valence-electron chi connectivity index (χ0n) is 17.9. The number of halogens is 1. The molecule has 0 atom stereocenters. The quantitative estimate of drug-likeness (QED) is 0.640. The SMILES string of the molecule is COc1cc(C(=O)OCC(=O)N(C)CC(=O)NC(C)(C)C)cc(Cl)c1OC(C)C. The lowest BCUT2D eigenvalue weighted by atomic mass is 10.1. The molecule has 1 aromatic rings. The molecule has 0 aliphatic heterocycles. The fraction of sp³-hybridized carbons (Fsp3) is 0.550. The van der Waals surface area contributed by atoms with E-state index in [4.69, 9.17) is 25.8 Å². The van der Waals surface area contributed by atoms with Crippen LogP contribution in [0.1, 0.15) is 45.0 Å². The molecule has 0 spiro atoms. The normalized spacial score (nSPS) is 11.1. The summed E-state index contributed by atoms with van der Waals surface area (Å²) in [6.07, 6.45) is -0.136. The number of nitrogens with one attached hydrogen (secondary N) is 1.